The molecule has 0 saturated heterocycles. The normalized spacial score (nSPS) is 13.2. The minimum absolute atomic E-state index is 0.0195. The lowest BCUT2D eigenvalue weighted by molar-refractivity contribution is -0.120. The molecule has 0 atom stereocenters. The highest BCUT2D eigenvalue weighted by Crippen LogP contribution is 2.40. The van der Waals surface area contributed by atoms with E-state index < -0.39 is 0 Å². The van der Waals surface area contributed by atoms with Gasteiger partial charge in [0.05, 0.1) is 23.5 Å². The van der Waals surface area contributed by atoms with Gasteiger partial charge in [0.2, 0.25) is 5.91 Å². The molecule has 3 heterocycles. The van der Waals surface area contributed by atoms with Crippen molar-refractivity contribution in [1.82, 2.24) is 30.5 Å². The maximum atomic E-state index is 12.4. The van der Waals surface area contributed by atoms with Crippen molar-refractivity contribution in [1.29, 1.82) is 0 Å². The van der Waals surface area contributed by atoms with Crippen molar-refractivity contribution in [2.45, 2.75) is 45.6 Å². The summed E-state index contributed by atoms with van der Waals surface area (Å²) >= 11 is 0. The fourth-order valence-electron chi connectivity index (χ4n) is 3.90. The molecule has 0 aliphatic heterocycles. The fourth-order valence-corrected chi connectivity index (χ4v) is 3.90. The van der Waals surface area contributed by atoms with E-state index in [9.17, 15) is 4.79 Å². The van der Waals surface area contributed by atoms with Crippen molar-refractivity contribution < 1.29 is 4.79 Å². The van der Waals surface area contributed by atoms with Crippen LogP contribution in [0.3, 0.4) is 0 Å². The molecule has 0 unspecified atom stereocenters. The summed E-state index contributed by atoms with van der Waals surface area (Å²) in [6, 6.07) is 14.0. The van der Waals surface area contributed by atoms with Gasteiger partial charge < -0.3 is 5.32 Å². The number of aromatic amines is 1. The van der Waals surface area contributed by atoms with Crippen LogP contribution >= 0.6 is 0 Å². The van der Waals surface area contributed by atoms with Gasteiger partial charge in [-0.25, -0.2) is 9.97 Å². The van der Waals surface area contributed by atoms with Crippen molar-refractivity contribution >= 4 is 5.91 Å². The number of rotatable bonds is 7. The molecule has 2 N–H and O–H groups in total. The first-order chi connectivity index (χ1) is 16.1. The molecule has 0 bridgehead atoms. The molecule has 1 saturated carbocycles. The summed E-state index contributed by atoms with van der Waals surface area (Å²) in [5, 5.41) is 10.1. The summed E-state index contributed by atoms with van der Waals surface area (Å²) in [5.41, 5.74) is 7.48. The Labute approximate surface area is 192 Å². The highest BCUT2D eigenvalue weighted by atomic mass is 16.1. The number of H-pyrrole nitrogens is 1. The van der Waals surface area contributed by atoms with Gasteiger partial charge in [0, 0.05) is 47.2 Å². The van der Waals surface area contributed by atoms with Gasteiger partial charge in [-0.1, -0.05) is 30.3 Å². The Morgan fingerprint density at radius 2 is 1.91 bits per heavy atom. The first kappa shape index (κ1) is 21.0. The summed E-state index contributed by atoms with van der Waals surface area (Å²) in [5.74, 6) is 1.36. The predicted octanol–water partition coefficient (Wildman–Crippen LogP) is 4.28. The summed E-state index contributed by atoms with van der Waals surface area (Å²) in [4.78, 5) is 26.4. The van der Waals surface area contributed by atoms with E-state index in [0.29, 0.717) is 18.9 Å². The summed E-state index contributed by atoms with van der Waals surface area (Å²) in [6.07, 6.45) is 6.31. The van der Waals surface area contributed by atoms with Crippen LogP contribution < -0.4 is 5.32 Å². The Bertz CT molecular complexity index is 1260. The Balaban J connectivity index is 1.33. The molecule has 7 nitrogen and oxygen atoms in total. The SMILES string of the molecule is Cc1n[nH]c(C)c1CC(=O)NCc1ccc(-c2nc(C3CC3)ncc2-c2ccccn2)cc1. The van der Waals surface area contributed by atoms with Crippen molar-refractivity contribution in [2.75, 3.05) is 0 Å². The molecule has 166 valence electrons. The second kappa shape index (κ2) is 8.94. The molecule has 1 fully saturated rings. The van der Waals surface area contributed by atoms with Gasteiger partial charge in [0.1, 0.15) is 5.82 Å². The number of aryl methyl sites for hydroxylation is 2. The van der Waals surface area contributed by atoms with Crippen molar-refractivity contribution in [3.05, 3.63) is 83.2 Å². The van der Waals surface area contributed by atoms with Crippen LogP contribution in [0, 0.1) is 13.8 Å². The molecule has 4 aromatic rings. The lowest BCUT2D eigenvalue weighted by Gasteiger charge is -2.11. The lowest BCUT2D eigenvalue weighted by Crippen LogP contribution is -2.24. The summed E-state index contributed by atoms with van der Waals surface area (Å²) in [7, 11) is 0. The van der Waals surface area contributed by atoms with E-state index >= 15 is 0 Å². The van der Waals surface area contributed by atoms with E-state index in [4.69, 9.17) is 4.98 Å². The Morgan fingerprint density at radius 1 is 1.09 bits per heavy atom. The molecule has 33 heavy (non-hydrogen) atoms. The molecule has 1 aromatic carbocycles. The van der Waals surface area contributed by atoms with E-state index in [2.05, 4.69) is 37.6 Å². The maximum Gasteiger partial charge on any atom is 0.224 e. The number of amides is 1. The molecule has 1 amide bonds. The Morgan fingerprint density at radius 3 is 2.58 bits per heavy atom. The van der Waals surface area contributed by atoms with Crippen LogP contribution in [-0.4, -0.2) is 31.1 Å². The highest BCUT2D eigenvalue weighted by Gasteiger charge is 2.27. The van der Waals surface area contributed by atoms with Crippen LogP contribution in [0.15, 0.2) is 54.9 Å². The number of hydrogen-bond acceptors (Lipinski definition) is 5. The smallest absolute Gasteiger partial charge is 0.224 e. The maximum absolute atomic E-state index is 12.4. The molecule has 0 radical (unpaired) electrons. The van der Waals surface area contributed by atoms with E-state index in [1.54, 1.807) is 6.20 Å². The zero-order valence-electron chi connectivity index (χ0n) is 18.8. The summed E-state index contributed by atoms with van der Waals surface area (Å²) in [6.45, 7) is 4.31. The number of benzene rings is 1. The minimum Gasteiger partial charge on any atom is -0.352 e. The molecule has 3 aromatic heterocycles. The predicted molar refractivity (Wildman–Crippen MR) is 126 cm³/mol. The van der Waals surface area contributed by atoms with Crippen LogP contribution in [0.5, 0.6) is 0 Å². The lowest BCUT2D eigenvalue weighted by atomic mass is 10.0. The van der Waals surface area contributed by atoms with Gasteiger partial charge in [0.25, 0.3) is 0 Å². The third kappa shape index (κ3) is 4.67. The van der Waals surface area contributed by atoms with Crippen LogP contribution in [-0.2, 0) is 17.8 Å². The van der Waals surface area contributed by atoms with Gasteiger partial charge in [-0.05, 0) is 44.4 Å². The van der Waals surface area contributed by atoms with Gasteiger partial charge >= 0.3 is 0 Å². The van der Waals surface area contributed by atoms with E-state index in [-0.39, 0.29) is 5.91 Å². The Hall–Kier alpha value is -3.87. The van der Waals surface area contributed by atoms with Crippen LogP contribution in [0.25, 0.3) is 22.5 Å². The minimum atomic E-state index is -0.0195. The van der Waals surface area contributed by atoms with Gasteiger partial charge in [-0.3, -0.25) is 14.9 Å². The molecule has 5 rings (SSSR count). The zero-order chi connectivity index (χ0) is 22.8. The first-order valence-electron chi connectivity index (χ1n) is 11.2. The standard InChI is InChI=1S/C26H26N6O/c1-16-21(17(2)32-31-16)13-24(33)28-14-18-6-8-19(9-7-18)25-22(23-5-3-4-12-27-23)15-29-26(30-25)20-10-11-20/h3-9,12,15,20H,10-11,13-14H2,1-2H3,(H,28,33)(H,31,32). The monoisotopic (exact) mass is 438 g/mol. The van der Waals surface area contributed by atoms with E-state index in [1.807, 2.05) is 50.4 Å². The summed E-state index contributed by atoms with van der Waals surface area (Å²) < 4.78 is 0. The third-order valence-corrected chi connectivity index (χ3v) is 6.03. The second-order valence-corrected chi connectivity index (χ2v) is 8.54. The van der Waals surface area contributed by atoms with Gasteiger partial charge in [-0.2, -0.15) is 5.10 Å². The van der Waals surface area contributed by atoms with Crippen molar-refractivity contribution in [3.63, 3.8) is 0 Å². The number of carbonyl (C=O) groups excluding carboxylic acids is 1. The molecule has 1 aliphatic rings. The van der Waals surface area contributed by atoms with Crippen LogP contribution in [0.1, 0.15) is 47.1 Å². The third-order valence-electron chi connectivity index (χ3n) is 6.03. The molecular formula is C26H26N6O. The number of aromatic nitrogens is 5. The largest absolute Gasteiger partial charge is 0.352 e. The molecule has 0 spiro atoms. The van der Waals surface area contributed by atoms with Gasteiger partial charge in [-0.15, -0.1) is 0 Å². The van der Waals surface area contributed by atoms with Gasteiger partial charge in [0.15, 0.2) is 0 Å². The highest BCUT2D eigenvalue weighted by molar-refractivity contribution is 5.80. The first-order valence-corrected chi connectivity index (χ1v) is 11.2. The quantitative estimate of drug-likeness (QED) is 0.449. The number of hydrogen-bond donors (Lipinski definition) is 2. The number of nitrogens with zero attached hydrogens (tertiary/aromatic N) is 4. The molecule has 1 aliphatic carbocycles. The average molecular weight is 439 g/mol. The molecular weight excluding hydrogens is 412 g/mol. The van der Waals surface area contributed by atoms with Crippen LogP contribution in [0.4, 0.5) is 0 Å². The van der Waals surface area contributed by atoms with E-state index in [0.717, 1.165) is 63.7 Å². The zero-order valence-corrected chi connectivity index (χ0v) is 18.8. The Kier molecular flexibility index (Phi) is 5.69. The topological polar surface area (TPSA) is 96.5 Å². The second-order valence-electron chi connectivity index (χ2n) is 8.54. The van der Waals surface area contributed by atoms with Crippen molar-refractivity contribution in [2.24, 2.45) is 0 Å². The molecule has 7 heteroatoms. The van der Waals surface area contributed by atoms with Crippen LogP contribution in [0.2, 0.25) is 0 Å². The number of nitrogens with one attached hydrogen (secondary N) is 2. The van der Waals surface area contributed by atoms with E-state index in [1.165, 1.54) is 0 Å². The number of carbonyl (C=O) groups is 1. The van der Waals surface area contributed by atoms with Crippen molar-refractivity contribution in [3.8, 4) is 22.5 Å². The average Bonchev–Trinajstić information content (AvgIpc) is 3.66. The fraction of sp³-hybridized carbons (Fsp3) is 0.269. The number of pyridine rings is 1.